The van der Waals surface area contributed by atoms with Crippen LogP contribution in [0.5, 0.6) is 23.0 Å². The van der Waals surface area contributed by atoms with Gasteiger partial charge in [0.25, 0.3) is 0 Å². The SMILES string of the molecule is COc1ccc2c(c1)C(=O)C[C@H](c1ccc(OC)c(OC)c1)O2. The fourth-order valence-electron chi connectivity index (χ4n) is 2.67. The molecule has 0 saturated carbocycles. The summed E-state index contributed by atoms with van der Waals surface area (Å²) in [4.78, 5) is 12.4. The Labute approximate surface area is 134 Å². The molecular formula is C18H18O5. The Bertz CT molecular complexity index is 738. The summed E-state index contributed by atoms with van der Waals surface area (Å²) < 4.78 is 21.7. The maximum Gasteiger partial charge on any atom is 0.170 e. The monoisotopic (exact) mass is 314 g/mol. The molecule has 0 fully saturated rings. The Hall–Kier alpha value is -2.69. The van der Waals surface area contributed by atoms with Crippen LogP contribution < -0.4 is 18.9 Å². The smallest absolute Gasteiger partial charge is 0.170 e. The maximum absolute atomic E-state index is 12.4. The predicted octanol–water partition coefficient (Wildman–Crippen LogP) is 3.42. The highest BCUT2D eigenvalue weighted by Gasteiger charge is 2.28. The van der Waals surface area contributed by atoms with Gasteiger partial charge in [0.05, 0.1) is 33.3 Å². The largest absolute Gasteiger partial charge is 0.497 e. The molecule has 0 unspecified atom stereocenters. The lowest BCUT2D eigenvalue weighted by Crippen LogP contribution is -2.20. The lowest BCUT2D eigenvalue weighted by Gasteiger charge is -2.26. The first-order valence-electron chi connectivity index (χ1n) is 7.26. The number of fused-ring (bicyclic) bond motifs is 1. The molecule has 0 aliphatic carbocycles. The van der Waals surface area contributed by atoms with Gasteiger partial charge in [0, 0.05) is 0 Å². The summed E-state index contributed by atoms with van der Waals surface area (Å²) in [6, 6.07) is 10.8. The minimum Gasteiger partial charge on any atom is -0.497 e. The van der Waals surface area contributed by atoms with Crippen LogP contribution in [-0.2, 0) is 0 Å². The van der Waals surface area contributed by atoms with Gasteiger partial charge in [0.2, 0.25) is 0 Å². The van der Waals surface area contributed by atoms with Crippen molar-refractivity contribution >= 4 is 5.78 Å². The molecule has 3 rings (SSSR count). The molecule has 5 nitrogen and oxygen atoms in total. The van der Waals surface area contributed by atoms with E-state index in [-0.39, 0.29) is 18.3 Å². The van der Waals surface area contributed by atoms with Crippen LogP contribution >= 0.6 is 0 Å². The Balaban J connectivity index is 1.92. The summed E-state index contributed by atoms with van der Waals surface area (Å²) in [5.41, 5.74) is 1.43. The van der Waals surface area contributed by atoms with Crippen LogP contribution in [-0.4, -0.2) is 27.1 Å². The second-order valence-corrected chi connectivity index (χ2v) is 5.21. The molecule has 1 aliphatic rings. The first-order valence-corrected chi connectivity index (χ1v) is 7.26. The van der Waals surface area contributed by atoms with Crippen LogP contribution in [0.25, 0.3) is 0 Å². The molecular weight excluding hydrogens is 296 g/mol. The lowest BCUT2D eigenvalue weighted by atomic mass is 9.96. The fraction of sp³-hybridized carbons (Fsp3) is 0.278. The van der Waals surface area contributed by atoms with Crippen molar-refractivity contribution in [2.45, 2.75) is 12.5 Å². The van der Waals surface area contributed by atoms with Gasteiger partial charge in [-0.05, 0) is 35.9 Å². The van der Waals surface area contributed by atoms with Crippen LogP contribution in [0.15, 0.2) is 36.4 Å². The number of hydrogen-bond donors (Lipinski definition) is 0. The minimum atomic E-state index is -0.344. The van der Waals surface area contributed by atoms with Crippen molar-refractivity contribution in [1.82, 2.24) is 0 Å². The summed E-state index contributed by atoms with van der Waals surface area (Å²) >= 11 is 0. The van der Waals surface area contributed by atoms with E-state index in [1.165, 1.54) is 0 Å². The normalized spacial score (nSPS) is 16.3. The minimum absolute atomic E-state index is 0.0323. The fourth-order valence-corrected chi connectivity index (χ4v) is 2.67. The third kappa shape index (κ3) is 2.82. The average molecular weight is 314 g/mol. The van der Waals surface area contributed by atoms with E-state index in [0.29, 0.717) is 28.6 Å². The highest BCUT2D eigenvalue weighted by molar-refractivity contribution is 6.00. The van der Waals surface area contributed by atoms with E-state index >= 15 is 0 Å². The van der Waals surface area contributed by atoms with E-state index in [1.54, 1.807) is 39.5 Å². The first kappa shape index (κ1) is 15.2. The van der Waals surface area contributed by atoms with Gasteiger partial charge in [-0.3, -0.25) is 4.79 Å². The van der Waals surface area contributed by atoms with Crippen molar-refractivity contribution < 1.29 is 23.7 Å². The number of carbonyl (C=O) groups excluding carboxylic acids is 1. The summed E-state index contributed by atoms with van der Waals surface area (Å²) in [5.74, 6) is 2.50. The molecule has 1 aliphatic heterocycles. The van der Waals surface area contributed by atoms with Crippen LogP contribution in [0.4, 0.5) is 0 Å². The Morgan fingerprint density at radius 1 is 0.957 bits per heavy atom. The molecule has 0 spiro atoms. The molecule has 2 aromatic rings. The average Bonchev–Trinajstić information content (AvgIpc) is 2.60. The Kier molecular flexibility index (Phi) is 4.10. The number of methoxy groups -OCH3 is 3. The summed E-state index contributed by atoms with van der Waals surface area (Å²) in [6.07, 6.45) is -0.0708. The second-order valence-electron chi connectivity index (χ2n) is 5.21. The van der Waals surface area contributed by atoms with Gasteiger partial charge in [0.15, 0.2) is 17.3 Å². The van der Waals surface area contributed by atoms with Crippen molar-refractivity contribution in [3.63, 3.8) is 0 Å². The van der Waals surface area contributed by atoms with Crippen molar-refractivity contribution in [2.75, 3.05) is 21.3 Å². The second kappa shape index (κ2) is 6.20. The molecule has 1 atom stereocenters. The summed E-state index contributed by atoms with van der Waals surface area (Å²) in [5, 5.41) is 0. The van der Waals surface area contributed by atoms with E-state index in [9.17, 15) is 4.79 Å². The van der Waals surface area contributed by atoms with Crippen molar-refractivity contribution in [2.24, 2.45) is 0 Å². The van der Waals surface area contributed by atoms with E-state index in [1.807, 2.05) is 18.2 Å². The van der Waals surface area contributed by atoms with Crippen LogP contribution in [0.2, 0.25) is 0 Å². The van der Waals surface area contributed by atoms with E-state index in [4.69, 9.17) is 18.9 Å². The highest BCUT2D eigenvalue weighted by atomic mass is 16.5. The molecule has 0 saturated heterocycles. The van der Waals surface area contributed by atoms with Crippen molar-refractivity contribution in [3.05, 3.63) is 47.5 Å². The first-order chi connectivity index (χ1) is 11.2. The molecule has 0 bridgehead atoms. The zero-order valence-corrected chi connectivity index (χ0v) is 13.3. The standard InChI is InChI=1S/C18H18O5/c1-20-12-5-7-15-13(9-12)14(19)10-17(23-15)11-4-6-16(21-2)18(8-11)22-3/h4-9,17H,10H2,1-3H3/t17-/m1/s1. The number of ketones is 1. The third-order valence-electron chi connectivity index (χ3n) is 3.91. The van der Waals surface area contributed by atoms with Crippen molar-refractivity contribution in [1.29, 1.82) is 0 Å². The zero-order valence-electron chi connectivity index (χ0n) is 13.3. The lowest BCUT2D eigenvalue weighted by molar-refractivity contribution is 0.0849. The molecule has 0 radical (unpaired) electrons. The number of rotatable bonds is 4. The third-order valence-corrected chi connectivity index (χ3v) is 3.91. The van der Waals surface area contributed by atoms with Crippen LogP contribution in [0, 0.1) is 0 Å². The predicted molar refractivity (Wildman–Crippen MR) is 84.9 cm³/mol. The van der Waals surface area contributed by atoms with E-state index in [0.717, 1.165) is 5.56 Å². The van der Waals surface area contributed by atoms with Gasteiger partial charge in [-0.25, -0.2) is 0 Å². The number of carbonyl (C=O) groups is 1. The van der Waals surface area contributed by atoms with E-state index < -0.39 is 0 Å². The van der Waals surface area contributed by atoms with Gasteiger partial charge < -0.3 is 18.9 Å². The van der Waals surface area contributed by atoms with Gasteiger partial charge in [0.1, 0.15) is 17.6 Å². The molecule has 0 amide bonds. The van der Waals surface area contributed by atoms with Gasteiger partial charge in [-0.15, -0.1) is 0 Å². The van der Waals surface area contributed by atoms with E-state index in [2.05, 4.69) is 0 Å². The van der Waals surface area contributed by atoms with Gasteiger partial charge in [-0.2, -0.15) is 0 Å². The van der Waals surface area contributed by atoms with Gasteiger partial charge >= 0.3 is 0 Å². The molecule has 5 heteroatoms. The highest BCUT2D eigenvalue weighted by Crippen LogP contribution is 2.39. The maximum atomic E-state index is 12.4. The number of Topliss-reactive ketones (excluding diaryl/α,β-unsaturated/α-hetero) is 1. The summed E-state index contributed by atoms with van der Waals surface area (Å²) in [7, 11) is 4.74. The quantitative estimate of drug-likeness (QED) is 0.865. The number of benzene rings is 2. The van der Waals surface area contributed by atoms with Crippen LogP contribution in [0.3, 0.4) is 0 Å². The van der Waals surface area contributed by atoms with Crippen LogP contribution in [0.1, 0.15) is 28.4 Å². The number of hydrogen-bond acceptors (Lipinski definition) is 5. The Morgan fingerprint density at radius 3 is 2.43 bits per heavy atom. The molecule has 2 aromatic carbocycles. The zero-order chi connectivity index (χ0) is 16.4. The topological polar surface area (TPSA) is 54.0 Å². The molecule has 0 aromatic heterocycles. The number of ether oxygens (including phenoxy) is 4. The van der Waals surface area contributed by atoms with Gasteiger partial charge in [-0.1, -0.05) is 6.07 Å². The van der Waals surface area contributed by atoms with Crippen molar-refractivity contribution in [3.8, 4) is 23.0 Å². The molecule has 0 N–H and O–H groups in total. The molecule has 1 heterocycles. The molecule has 23 heavy (non-hydrogen) atoms. The molecule has 120 valence electrons. The summed E-state index contributed by atoms with van der Waals surface area (Å²) in [6.45, 7) is 0. The Morgan fingerprint density at radius 2 is 1.74 bits per heavy atom.